The van der Waals surface area contributed by atoms with Gasteiger partial charge in [-0.05, 0) is 6.42 Å². The van der Waals surface area contributed by atoms with Gasteiger partial charge in [-0.25, -0.2) is 0 Å². The number of carboxylic acids is 1. The number of aliphatic hydroxyl groups excluding tert-OH is 3. The van der Waals surface area contributed by atoms with E-state index < -0.39 is 54.6 Å². The van der Waals surface area contributed by atoms with E-state index in [4.69, 9.17) is 0 Å². The lowest BCUT2D eigenvalue weighted by Crippen LogP contribution is -2.67. The molecule has 0 spiro atoms. The van der Waals surface area contributed by atoms with Crippen LogP contribution in [0.2, 0.25) is 0 Å². The molecule has 186 valence electrons. The number of benzene rings is 1. The summed E-state index contributed by atoms with van der Waals surface area (Å²) in [4.78, 5) is 14.6. The molecule has 0 saturated carbocycles. The summed E-state index contributed by atoms with van der Waals surface area (Å²) in [5.41, 5.74) is 0.741. The monoisotopic (exact) mass is 511 g/mol. The fraction of sp³-hybridized carbons (Fsp3) is 0.636. The molecular formula is C22H29N3O7S2. The van der Waals surface area contributed by atoms with E-state index in [-0.39, 0.29) is 42.6 Å². The van der Waals surface area contributed by atoms with Gasteiger partial charge in [0.05, 0.1) is 47.6 Å². The number of rotatable bonds is 8. The molecule has 0 amide bonds. The molecule has 12 heteroatoms. The highest BCUT2D eigenvalue weighted by atomic mass is 32.2. The van der Waals surface area contributed by atoms with Gasteiger partial charge in [-0.1, -0.05) is 6.92 Å². The van der Waals surface area contributed by atoms with Crippen molar-refractivity contribution in [3.63, 3.8) is 0 Å². The highest BCUT2D eigenvalue weighted by Gasteiger charge is 2.59. The summed E-state index contributed by atoms with van der Waals surface area (Å²) >= 11 is 2.34. The Hall–Kier alpha value is -1.72. The fourth-order valence-electron chi connectivity index (χ4n) is 5.95. The fourth-order valence-corrected chi connectivity index (χ4v) is 7.84. The third-order valence-corrected chi connectivity index (χ3v) is 9.43. The van der Waals surface area contributed by atoms with Gasteiger partial charge in [-0.15, -0.1) is 23.5 Å². The molecule has 2 saturated heterocycles. The summed E-state index contributed by atoms with van der Waals surface area (Å²) in [5.74, 6) is -1.83. The number of phenols is 2. The van der Waals surface area contributed by atoms with E-state index in [9.17, 15) is 40.7 Å². The molecule has 7 atom stereocenters. The predicted octanol–water partition coefficient (Wildman–Crippen LogP) is 0.425. The van der Waals surface area contributed by atoms with Crippen LogP contribution < -0.4 is 5.32 Å². The smallest absolute Gasteiger partial charge is 0.308 e. The number of hydrogen-bond donors (Lipinski definition) is 7. The normalized spacial score (nSPS) is 32.1. The van der Waals surface area contributed by atoms with Gasteiger partial charge in [-0.3, -0.25) is 9.69 Å². The summed E-state index contributed by atoms with van der Waals surface area (Å²) in [5, 5.41) is 75.1. The molecule has 2 fully saturated rings. The maximum absolute atomic E-state index is 12.0. The van der Waals surface area contributed by atoms with Crippen LogP contribution in [0.25, 0.3) is 0 Å². The summed E-state index contributed by atoms with van der Waals surface area (Å²) in [6.45, 7) is 1.10. The van der Waals surface area contributed by atoms with Gasteiger partial charge in [-0.2, -0.15) is 5.26 Å². The number of aliphatic carboxylic acids is 1. The van der Waals surface area contributed by atoms with Gasteiger partial charge in [0.25, 0.3) is 0 Å². The van der Waals surface area contributed by atoms with Crippen molar-refractivity contribution in [2.75, 3.05) is 31.3 Å². The number of hydrogen-bond acceptors (Lipinski definition) is 11. The first-order valence-electron chi connectivity index (χ1n) is 11.2. The van der Waals surface area contributed by atoms with E-state index in [1.54, 1.807) is 0 Å². The predicted molar refractivity (Wildman–Crippen MR) is 125 cm³/mol. The van der Waals surface area contributed by atoms with Crippen molar-refractivity contribution in [2.45, 2.75) is 59.3 Å². The first kappa shape index (κ1) is 25.4. The molecule has 1 aromatic carbocycles. The molecular weight excluding hydrogens is 482 g/mol. The number of aliphatic hydroxyl groups is 3. The maximum Gasteiger partial charge on any atom is 0.308 e. The Labute approximate surface area is 205 Å². The van der Waals surface area contributed by atoms with Gasteiger partial charge in [0, 0.05) is 46.7 Å². The number of nitrogens with zero attached hydrogens (tertiary/aromatic N) is 2. The highest BCUT2D eigenvalue weighted by molar-refractivity contribution is 8.02. The van der Waals surface area contributed by atoms with Gasteiger partial charge in [0.2, 0.25) is 0 Å². The topological polar surface area (TPSA) is 178 Å². The number of phenolic OH excluding ortho intramolecular Hbond substituents is 2. The summed E-state index contributed by atoms with van der Waals surface area (Å²) in [6.07, 6.45) is 0.277. The standard InChI is InChI=1S/C22H29N3O7S2/c1-9-14-15(19(30)21(34-5-3-27)20(18(14)29)33-4-2-26)13(8-28)25-12(7-23)11-6-10(22(31)32)16(24-11)17(9)25/h9-13,16-17,24,26-30H,2-6,8H2,1H3,(H,31,32)/t9?,10-,11+,12?,13+,16-,17+/m1/s1. The van der Waals surface area contributed by atoms with Crippen LogP contribution in [0.4, 0.5) is 0 Å². The zero-order valence-electron chi connectivity index (χ0n) is 18.6. The molecule has 10 nitrogen and oxygen atoms in total. The Morgan fingerprint density at radius 1 is 1.12 bits per heavy atom. The van der Waals surface area contributed by atoms with E-state index in [1.165, 1.54) is 11.8 Å². The average molecular weight is 512 g/mol. The second-order valence-corrected chi connectivity index (χ2v) is 11.0. The highest BCUT2D eigenvalue weighted by Crippen LogP contribution is 2.58. The lowest BCUT2D eigenvalue weighted by Gasteiger charge is -2.54. The van der Waals surface area contributed by atoms with Gasteiger partial charge < -0.3 is 36.0 Å². The number of nitriles is 1. The number of thioether (sulfide) groups is 2. The van der Waals surface area contributed by atoms with Crippen molar-refractivity contribution < 1.29 is 35.4 Å². The maximum atomic E-state index is 12.0. The molecule has 0 radical (unpaired) electrons. The van der Waals surface area contributed by atoms with Gasteiger partial charge in [0.15, 0.2) is 0 Å². The van der Waals surface area contributed by atoms with Crippen LogP contribution in [0, 0.1) is 17.2 Å². The van der Waals surface area contributed by atoms with E-state index in [1.807, 2.05) is 11.8 Å². The van der Waals surface area contributed by atoms with Crippen LogP contribution in [0.1, 0.15) is 36.4 Å². The van der Waals surface area contributed by atoms with Crippen molar-refractivity contribution in [3.8, 4) is 17.6 Å². The second kappa shape index (κ2) is 10.1. The van der Waals surface area contributed by atoms with Gasteiger partial charge in [0.1, 0.15) is 17.5 Å². The lowest BCUT2D eigenvalue weighted by atomic mass is 9.74. The molecule has 0 aliphatic carbocycles. The van der Waals surface area contributed by atoms with Crippen LogP contribution in [0.3, 0.4) is 0 Å². The Bertz CT molecular complexity index is 1000. The quantitative estimate of drug-likeness (QED) is 0.189. The van der Waals surface area contributed by atoms with Crippen molar-refractivity contribution in [1.82, 2.24) is 10.2 Å². The van der Waals surface area contributed by atoms with Crippen molar-refractivity contribution in [2.24, 2.45) is 5.92 Å². The number of fused-ring (bicyclic) bond motifs is 5. The number of carbonyl (C=O) groups is 1. The van der Waals surface area contributed by atoms with Crippen LogP contribution in [-0.4, -0.2) is 97.0 Å². The molecule has 0 aromatic heterocycles. The zero-order valence-corrected chi connectivity index (χ0v) is 20.2. The van der Waals surface area contributed by atoms with Crippen molar-refractivity contribution in [1.29, 1.82) is 5.26 Å². The molecule has 7 N–H and O–H groups in total. The summed E-state index contributed by atoms with van der Waals surface area (Å²) in [7, 11) is 0. The van der Waals surface area contributed by atoms with E-state index >= 15 is 0 Å². The average Bonchev–Trinajstić information content (AvgIpc) is 3.19. The number of aromatic hydroxyl groups is 2. The molecule has 4 rings (SSSR count). The Morgan fingerprint density at radius 3 is 2.21 bits per heavy atom. The minimum atomic E-state index is -0.959. The molecule has 3 aliphatic heterocycles. The van der Waals surface area contributed by atoms with Crippen molar-refractivity contribution >= 4 is 29.5 Å². The number of nitrogens with one attached hydrogen (secondary N) is 1. The Kier molecular flexibility index (Phi) is 7.54. The molecule has 34 heavy (non-hydrogen) atoms. The van der Waals surface area contributed by atoms with Crippen LogP contribution in [0.15, 0.2) is 9.79 Å². The zero-order chi connectivity index (χ0) is 24.7. The minimum absolute atomic E-state index is 0.0854. The lowest BCUT2D eigenvalue weighted by molar-refractivity contribution is -0.142. The summed E-state index contributed by atoms with van der Waals surface area (Å²) < 4.78 is 0. The number of carboxylic acid groups (broad SMARTS) is 1. The first-order chi connectivity index (χ1) is 16.3. The molecule has 2 unspecified atom stereocenters. The van der Waals surface area contributed by atoms with Crippen molar-refractivity contribution in [3.05, 3.63) is 11.1 Å². The first-order valence-corrected chi connectivity index (χ1v) is 13.1. The molecule has 3 heterocycles. The Morgan fingerprint density at radius 2 is 1.71 bits per heavy atom. The minimum Gasteiger partial charge on any atom is -0.506 e. The molecule has 3 aliphatic rings. The molecule has 1 aromatic rings. The van der Waals surface area contributed by atoms with Crippen LogP contribution in [-0.2, 0) is 4.79 Å². The second-order valence-electron chi connectivity index (χ2n) is 8.81. The van der Waals surface area contributed by atoms with E-state index in [0.29, 0.717) is 20.9 Å². The third-order valence-electron chi connectivity index (χ3n) is 7.16. The molecule has 2 bridgehead atoms. The number of piperazine rings is 1. The third kappa shape index (κ3) is 3.83. The van der Waals surface area contributed by atoms with Crippen LogP contribution in [0.5, 0.6) is 11.5 Å². The van der Waals surface area contributed by atoms with Gasteiger partial charge >= 0.3 is 5.97 Å². The SMILES string of the molecule is CC1c2c(O)c(SCCO)c(SCCO)c(O)c2[C@H](CO)N2C(C#N)[C@@H]3C[C@@H](C(=O)O)[C@@H](N3)[C@H]12. The van der Waals surface area contributed by atoms with E-state index in [0.717, 1.165) is 11.8 Å². The summed E-state index contributed by atoms with van der Waals surface area (Å²) in [6, 6.07) is -0.675. The van der Waals surface area contributed by atoms with Crippen LogP contribution >= 0.6 is 23.5 Å². The van der Waals surface area contributed by atoms with E-state index in [2.05, 4.69) is 11.4 Å². The Balaban J connectivity index is 1.94. The largest absolute Gasteiger partial charge is 0.506 e.